The van der Waals surface area contributed by atoms with Crippen molar-refractivity contribution >= 4 is 17.4 Å². The van der Waals surface area contributed by atoms with E-state index in [9.17, 15) is 4.39 Å². The van der Waals surface area contributed by atoms with Crippen LogP contribution in [0.15, 0.2) is 30.9 Å². The Bertz CT molecular complexity index is 674. The minimum atomic E-state index is -0.463. The average molecular weight is 292 g/mol. The molecular weight excluding hydrogens is 277 g/mol. The van der Waals surface area contributed by atoms with E-state index < -0.39 is 5.82 Å². The Morgan fingerprint density at radius 2 is 2.25 bits per heavy atom. The van der Waals surface area contributed by atoms with Gasteiger partial charge in [-0.3, -0.25) is 0 Å². The van der Waals surface area contributed by atoms with Crippen LogP contribution in [0.25, 0.3) is 11.3 Å². The minimum absolute atomic E-state index is 0.0975. The Kier molecular flexibility index (Phi) is 3.26. The predicted octanol–water partition coefficient (Wildman–Crippen LogP) is 3.99. The van der Waals surface area contributed by atoms with Crippen LogP contribution in [0.3, 0.4) is 0 Å². The summed E-state index contributed by atoms with van der Waals surface area (Å²) in [6, 6.07) is 4.63. The Morgan fingerprint density at radius 3 is 2.85 bits per heavy atom. The molecule has 104 valence electrons. The van der Waals surface area contributed by atoms with Gasteiger partial charge in [0.1, 0.15) is 23.2 Å². The fourth-order valence-corrected chi connectivity index (χ4v) is 2.43. The summed E-state index contributed by atoms with van der Waals surface area (Å²) < 4.78 is 15.6. The fourth-order valence-electron chi connectivity index (χ4n) is 2.31. The van der Waals surface area contributed by atoms with Gasteiger partial charge < -0.3 is 10.3 Å². The number of allylic oxidation sites excluding steroid dienone is 1. The molecule has 1 fully saturated rings. The zero-order chi connectivity index (χ0) is 14.3. The maximum absolute atomic E-state index is 13.6. The molecule has 0 bridgehead atoms. The number of aromatic nitrogens is 2. The topological polar surface area (TPSA) is 43.8 Å². The van der Waals surface area contributed by atoms with Gasteiger partial charge in [0.15, 0.2) is 0 Å². The molecule has 20 heavy (non-hydrogen) atoms. The number of hydrogen-bond acceptors (Lipinski definition) is 2. The van der Waals surface area contributed by atoms with E-state index in [0.29, 0.717) is 29.5 Å². The average Bonchev–Trinajstić information content (AvgIpc) is 3.21. The highest BCUT2D eigenvalue weighted by Crippen LogP contribution is 2.42. The van der Waals surface area contributed by atoms with E-state index in [1.54, 1.807) is 12.1 Å². The summed E-state index contributed by atoms with van der Waals surface area (Å²) in [5, 5.41) is 0.0975. The number of anilines is 1. The Labute approximate surface area is 121 Å². The van der Waals surface area contributed by atoms with Crippen molar-refractivity contribution in [3.05, 3.63) is 47.5 Å². The van der Waals surface area contributed by atoms with Crippen molar-refractivity contribution in [2.45, 2.75) is 25.3 Å². The van der Waals surface area contributed by atoms with E-state index in [1.807, 2.05) is 4.57 Å². The molecule has 1 saturated carbocycles. The number of nitrogens with zero attached hydrogens (tertiary/aromatic N) is 2. The van der Waals surface area contributed by atoms with Gasteiger partial charge in [-0.1, -0.05) is 23.7 Å². The molecule has 2 N–H and O–H groups in total. The lowest BCUT2D eigenvalue weighted by Gasteiger charge is -2.06. The molecule has 1 aromatic heterocycles. The maximum atomic E-state index is 13.6. The summed E-state index contributed by atoms with van der Waals surface area (Å²) in [7, 11) is 0. The first-order valence-electron chi connectivity index (χ1n) is 6.54. The molecule has 3 rings (SSSR count). The lowest BCUT2D eigenvalue weighted by atomic mass is 10.1. The third-order valence-electron chi connectivity index (χ3n) is 3.48. The molecule has 2 aromatic rings. The van der Waals surface area contributed by atoms with Gasteiger partial charge in [-0.05, 0) is 25.0 Å². The lowest BCUT2D eigenvalue weighted by Crippen LogP contribution is -2.05. The predicted molar refractivity (Wildman–Crippen MR) is 79.2 cm³/mol. The van der Waals surface area contributed by atoms with Crippen molar-refractivity contribution in [1.29, 1.82) is 0 Å². The Morgan fingerprint density at radius 1 is 1.50 bits per heavy atom. The molecule has 0 aliphatic heterocycles. The second-order valence-electron chi connectivity index (χ2n) is 5.01. The summed E-state index contributed by atoms with van der Waals surface area (Å²) in [5.74, 6) is 1.51. The van der Waals surface area contributed by atoms with Crippen LogP contribution in [-0.4, -0.2) is 9.55 Å². The zero-order valence-corrected chi connectivity index (χ0v) is 11.7. The lowest BCUT2D eigenvalue weighted by molar-refractivity contribution is 0.628. The Balaban J connectivity index is 2.10. The summed E-state index contributed by atoms with van der Waals surface area (Å²) in [4.78, 5) is 4.61. The molecule has 0 spiro atoms. The molecule has 0 saturated heterocycles. The van der Waals surface area contributed by atoms with Gasteiger partial charge in [0.2, 0.25) is 0 Å². The fraction of sp³-hybridized carbons (Fsp3) is 0.267. The molecule has 5 heteroatoms. The normalized spacial score (nSPS) is 14.5. The van der Waals surface area contributed by atoms with E-state index >= 15 is 0 Å². The monoisotopic (exact) mass is 291 g/mol. The SMILES string of the molecule is C=CCn1c(C2CC2)nc(-c2ccc(Cl)c(F)c2)c1N. The van der Waals surface area contributed by atoms with Crippen LogP contribution in [0.4, 0.5) is 10.2 Å². The van der Waals surface area contributed by atoms with E-state index in [2.05, 4.69) is 11.6 Å². The van der Waals surface area contributed by atoms with Crippen LogP contribution in [0, 0.1) is 5.82 Å². The zero-order valence-electron chi connectivity index (χ0n) is 10.9. The molecule has 1 heterocycles. The van der Waals surface area contributed by atoms with E-state index in [4.69, 9.17) is 17.3 Å². The molecule has 0 unspecified atom stereocenters. The second-order valence-corrected chi connectivity index (χ2v) is 5.41. The van der Waals surface area contributed by atoms with Crippen LogP contribution in [-0.2, 0) is 6.54 Å². The first-order chi connectivity index (χ1) is 9.61. The highest BCUT2D eigenvalue weighted by Gasteiger charge is 2.30. The molecular formula is C15H15ClFN3. The van der Waals surface area contributed by atoms with Crippen LogP contribution in [0.5, 0.6) is 0 Å². The molecule has 0 atom stereocenters. The number of nitrogen functional groups attached to an aromatic ring is 1. The van der Waals surface area contributed by atoms with Crippen molar-refractivity contribution < 1.29 is 4.39 Å². The van der Waals surface area contributed by atoms with Crippen LogP contribution in [0.2, 0.25) is 5.02 Å². The van der Waals surface area contributed by atoms with Crippen LogP contribution in [0.1, 0.15) is 24.6 Å². The van der Waals surface area contributed by atoms with Crippen molar-refractivity contribution in [2.24, 2.45) is 0 Å². The number of rotatable bonds is 4. The summed E-state index contributed by atoms with van der Waals surface area (Å²) in [6.07, 6.45) is 4.04. The van der Waals surface area contributed by atoms with Gasteiger partial charge in [-0.15, -0.1) is 6.58 Å². The molecule has 1 aromatic carbocycles. The summed E-state index contributed by atoms with van der Waals surface area (Å²) in [6.45, 7) is 4.36. The summed E-state index contributed by atoms with van der Waals surface area (Å²) >= 11 is 5.71. The Hall–Kier alpha value is -1.81. The van der Waals surface area contributed by atoms with Crippen LogP contribution >= 0.6 is 11.6 Å². The largest absolute Gasteiger partial charge is 0.383 e. The van der Waals surface area contributed by atoms with Crippen molar-refractivity contribution in [3.63, 3.8) is 0 Å². The number of imidazole rings is 1. The molecule has 1 aliphatic rings. The molecule has 1 aliphatic carbocycles. The molecule has 0 amide bonds. The van der Waals surface area contributed by atoms with Gasteiger partial charge in [-0.25, -0.2) is 9.37 Å². The number of benzene rings is 1. The minimum Gasteiger partial charge on any atom is -0.383 e. The smallest absolute Gasteiger partial charge is 0.142 e. The number of nitrogens with two attached hydrogens (primary N) is 1. The third-order valence-corrected chi connectivity index (χ3v) is 3.79. The van der Waals surface area contributed by atoms with E-state index in [1.165, 1.54) is 12.1 Å². The first-order valence-corrected chi connectivity index (χ1v) is 6.91. The summed E-state index contributed by atoms with van der Waals surface area (Å²) in [5.41, 5.74) is 7.44. The van der Waals surface area contributed by atoms with E-state index in [-0.39, 0.29) is 5.02 Å². The third kappa shape index (κ3) is 2.20. The number of hydrogen-bond donors (Lipinski definition) is 1. The van der Waals surface area contributed by atoms with Crippen LogP contribution < -0.4 is 5.73 Å². The standard InChI is InChI=1S/C15H15ClFN3/c1-2-7-20-14(18)13(19-15(20)9-3-4-9)10-5-6-11(16)12(17)8-10/h2,5-6,8-9H,1,3-4,7,18H2. The van der Waals surface area contributed by atoms with Crippen molar-refractivity contribution in [2.75, 3.05) is 5.73 Å². The van der Waals surface area contributed by atoms with Gasteiger partial charge in [-0.2, -0.15) is 0 Å². The van der Waals surface area contributed by atoms with Gasteiger partial charge >= 0.3 is 0 Å². The molecule has 3 nitrogen and oxygen atoms in total. The van der Waals surface area contributed by atoms with Gasteiger partial charge in [0.25, 0.3) is 0 Å². The van der Waals surface area contributed by atoms with Crippen molar-refractivity contribution in [3.8, 4) is 11.3 Å². The van der Waals surface area contributed by atoms with E-state index in [0.717, 1.165) is 18.7 Å². The second kappa shape index (κ2) is 4.94. The van der Waals surface area contributed by atoms with Crippen molar-refractivity contribution in [1.82, 2.24) is 9.55 Å². The number of halogens is 2. The first kappa shape index (κ1) is 13.2. The maximum Gasteiger partial charge on any atom is 0.142 e. The van der Waals surface area contributed by atoms with Gasteiger partial charge in [0, 0.05) is 18.0 Å². The highest BCUT2D eigenvalue weighted by molar-refractivity contribution is 6.30. The quantitative estimate of drug-likeness (QED) is 0.866. The highest BCUT2D eigenvalue weighted by atomic mass is 35.5. The van der Waals surface area contributed by atoms with Gasteiger partial charge in [0.05, 0.1) is 5.02 Å². The molecule has 0 radical (unpaired) electrons.